The van der Waals surface area contributed by atoms with Crippen molar-refractivity contribution in [3.8, 4) is 5.75 Å². The normalized spacial score (nSPS) is 25.9. The average molecular weight is 370 g/mol. The number of piperidine rings is 2. The number of likely N-dealkylation sites (tertiary alicyclic amines) is 1. The van der Waals surface area contributed by atoms with Gasteiger partial charge in [-0.1, -0.05) is 18.2 Å². The number of hydrogen-bond donors (Lipinski definition) is 2. The van der Waals surface area contributed by atoms with Crippen molar-refractivity contribution in [2.45, 2.75) is 38.0 Å². The van der Waals surface area contributed by atoms with Crippen LogP contribution in [0.5, 0.6) is 5.75 Å². The maximum atomic E-state index is 10.9. The molecule has 0 aliphatic carbocycles. The van der Waals surface area contributed by atoms with Crippen molar-refractivity contribution >= 4 is 0 Å². The maximum Gasteiger partial charge on any atom is 0.123 e. The zero-order valence-corrected chi connectivity index (χ0v) is 15.9. The lowest BCUT2D eigenvalue weighted by molar-refractivity contribution is -0.0900. The van der Waals surface area contributed by atoms with Crippen molar-refractivity contribution in [2.75, 3.05) is 32.8 Å². The van der Waals surface area contributed by atoms with Gasteiger partial charge in [-0.3, -0.25) is 4.90 Å². The summed E-state index contributed by atoms with van der Waals surface area (Å²) in [5.74, 6) is 1.30. The predicted molar refractivity (Wildman–Crippen MR) is 105 cm³/mol. The molecule has 0 spiro atoms. The maximum absolute atomic E-state index is 10.9. The summed E-state index contributed by atoms with van der Waals surface area (Å²) in [7, 11) is 0. The van der Waals surface area contributed by atoms with E-state index >= 15 is 0 Å². The second-order valence-corrected chi connectivity index (χ2v) is 7.85. The van der Waals surface area contributed by atoms with Crippen LogP contribution in [0.4, 0.5) is 0 Å². The highest BCUT2D eigenvalue weighted by atomic mass is 16.5. The minimum Gasteiger partial charge on any atom is -0.493 e. The number of ether oxygens (including phenoxy) is 1. The fraction of sp³-hybridized carbons (Fsp3) is 0.571. The van der Waals surface area contributed by atoms with Crippen molar-refractivity contribution < 1.29 is 9.84 Å². The summed E-state index contributed by atoms with van der Waals surface area (Å²) >= 11 is 0. The van der Waals surface area contributed by atoms with Crippen LogP contribution in [0.3, 0.4) is 0 Å². The van der Waals surface area contributed by atoms with Gasteiger partial charge in [0, 0.05) is 56.6 Å². The van der Waals surface area contributed by atoms with E-state index in [0.29, 0.717) is 12.5 Å². The number of aryl methyl sites for hydroxylation is 1. The van der Waals surface area contributed by atoms with Crippen LogP contribution in [0.15, 0.2) is 43.0 Å². The third-order valence-electron chi connectivity index (χ3n) is 5.97. The Bertz CT molecular complexity index is 721. The molecule has 2 aliphatic heterocycles. The number of hydrogen-bond acceptors (Lipinski definition) is 5. The molecule has 2 aromatic rings. The third kappa shape index (κ3) is 4.51. The second kappa shape index (κ2) is 8.42. The van der Waals surface area contributed by atoms with Crippen LogP contribution < -0.4 is 10.1 Å². The van der Waals surface area contributed by atoms with Crippen molar-refractivity contribution in [3.63, 3.8) is 0 Å². The fourth-order valence-electron chi connectivity index (χ4n) is 4.30. The van der Waals surface area contributed by atoms with E-state index in [0.717, 1.165) is 64.3 Å². The van der Waals surface area contributed by atoms with Gasteiger partial charge < -0.3 is 19.7 Å². The molecular formula is C21H30N4O2. The van der Waals surface area contributed by atoms with E-state index in [9.17, 15) is 5.11 Å². The highest BCUT2D eigenvalue weighted by Gasteiger charge is 2.42. The number of nitrogens with zero attached hydrogens (tertiary/aromatic N) is 3. The number of fused-ring (bicyclic) bond motifs is 1. The van der Waals surface area contributed by atoms with E-state index in [1.807, 2.05) is 18.6 Å². The van der Waals surface area contributed by atoms with Gasteiger partial charge in [-0.25, -0.2) is 4.98 Å². The van der Waals surface area contributed by atoms with Crippen molar-refractivity contribution in [3.05, 3.63) is 48.5 Å². The van der Waals surface area contributed by atoms with Crippen LogP contribution in [0.1, 0.15) is 24.8 Å². The topological polar surface area (TPSA) is 62.6 Å². The molecule has 0 saturated carbocycles. The number of benzene rings is 1. The van der Waals surface area contributed by atoms with Gasteiger partial charge in [0.05, 0.1) is 18.5 Å². The number of aromatic nitrogens is 2. The summed E-state index contributed by atoms with van der Waals surface area (Å²) in [6, 6.07) is 8.34. The summed E-state index contributed by atoms with van der Waals surface area (Å²) in [5, 5.41) is 14.3. The number of rotatable bonds is 7. The molecule has 2 atom stereocenters. The molecule has 0 amide bonds. The Morgan fingerprint density at radius 3 is 3.11 bits per heavy atom. The van der Waals surface area contributed by atoms with E-state index < -0.39 is 5.60 Å². The standard InChI is InChI=1S/C21H30N4O2/c26-21-6-8-22-14-19(21)16-25(11-7-21)15-18-4-1-2-5-20(18)27-13-3-10-24-12-9-23-17-24/h1-2,4-5,9,12,17,19,22,26H,3,6-8,10-11,13-16H2. The van der Waals surface area contributed by atoms with Gasteiger partial charge in [-0.15, -0.1) is 0 Å². The first-order chi connectivity index (χ1) is 13.2. The Balaban J connectivity index is 1.31. The first kappa shape index (κ1) is 18.5. The molecule has 1 aromatic heterocycles. The van der Waals surface area contributed by atoms with Crippen molar-refractivity contribution in [1.29, 1.82) is 0 Å². The number of aliphatic hydroxyl groups is 1. The van der Waals surface area contributed by atoms with E-state index in [1.165, 1.54) is 5.56 Å². The average Bonchev–Trinajstić information content (AvgIpc) is 3.20. The smallest absolute Gasteiger partial charge is 0.123 e. The predicted octanol–water partition coefficient (Wildman–Crippen LogP) is 1.90. The molecule has 2 unspecified atom stereocenters. The van der Waals surface area contributed by atoms with Crippen LogP contribution in [0.25, 0.3) is 0 Å². The van der Waals surface area contributed by atoms with Gasteiger partial charge in [-0.2, -0.15) is 0 Å². The summed E-state index contributed by atoms with van der Waals surface area (Å²) in [6.07, 6.45) is 8.32. The molecule has 6 nitrogen and oxygen atoms in total. The quantitative estimate of drug-likeness (QED) is 0.729. The van der Waals surface area contributed by atoms with Gasteiger partial charge in [-0.05, 0) is 31.9 Å². The Morgan fingerprint density at radius 1 is 1.30 bits per heavy atom. The number of para-hydroxylation sites is 1. The Hall–Kier alpha value is -1.89. The van der Waals surface area contributed by atoms with E-state index in [1.54, 1.807) is 6.20 Å². The molecule has 2 saturated heterocycles. The van der Waals surface area contributed by atoms with Crippen LogP contribution >= 0.6 is 0 Å². The lowest BCUT2D eigenvalue weighted by Crippen LogP contribution is -2.58. The summed E-state index contributed by atoms with van der Waals surface area (Å²) in [6.45, 7) is 6.23. The van der Waals surface area contributed by atoms with Crippen LogP contribution in [-0.4, -0.2) is 57.9 Å². The molecule has 3 heterocycles. The summed E-state index contributed by atoms with van der Waals surface area (Å²) in [4.78, 5) is 6.52. The Kier molecular flexibility index (Phi) is 5.76. The van der Waals surface area contributed by atoms with E-state index in [4.69, 9.17) is 4.74 Å². The van der Waals surface area contributed by atoms with Gasteiger partial charge in [0.2, 0.25) is 0 Å². The van der Waals surface area contributed by atoms with Crippen molar-refractivity contribution in [2.24, 2.45) is 5.92 Å². The molecule has 0 radical (unpaired) electrons. The summed E-state index contributed by atoms with van der Waals surface area (Å²) in [5.41, 5.74) is 0.764. The van der Waals surface area contributed by atoms with E-state index in [-0.39, 0.29) is 0 Å². The van der Waals surface area contributed by atoms with Crippen LogP contribution in [-0.2, 0) is 13.1 Å². The van der Waals surface area contributed by atoms with E-state index in [2.05, 4.69) is 38.0 Å². The van der Waals surface area contributed by atoms with Crippen LogP contribution in [0.2, 0.25) is 0 Å². The molecule has 2 N–H and O–H groups in total. The van der Waals surface area contributed by atoms with Crippen molar-refractivity contribution in [1.82, 2.24) is 19.8 Å². The molecule has 1 aromatic carbocycles. The highest BCUT2D eigenvalue weighted by Crippen LogP contribution is 2.34. The minimum absolute atomic E-state index is 0.322. The van der Waals surface area contributed by atoms with Gasteiger partial charge in [0.15, 0.2) is 0 Å². The van der Waals surface area contributed by atoms with Crippen LogP contribution in [0, 0.1) is 5.92 Å². The highest BCUT2D eigenvalue weighted by molar-refractivity contribution is 5.33. The first-order valence-electron chi connectivity index (χ1n) is 10.0. The molecule has 2 aliphatic rings. The van der Waals surface area contributed by atoms with Gasteiger partial charge in [0.1, 0.15) is 5.75 Å². The molecule has 146 valence electrons. The summed E-state index contributed by atoms with van der Waals surface area (Å²) < 4.78 is 8.15. The fourth-order valence-corrected chi connectivity index (χ4v) is 4.30. The lowest BCUT2D eigenvalue weighted by Gasteiger charge is -2.47. The monoisotopic (exact) mass is 370 g/mol. The third-order valence-corrected chi connectivity index (χ3v) is 5.97. The van der Waals surface area contributed by atoms with Gasteiger partial charge >= 0.3 is 0 Å². The molecule has 2 fully saturated rings. The largest absolute Gasteiger partial charge is 0.493 e. The number of nitrogens with one attached hydrogen (secondary N) is 1. The molecule has 27 heavy (non-hydrogen) atoms. The zero-order chi connectivity index (χ0) is 18.5. The number of imidazole rings is 1. The molecular weight excluding hydrogens is 340 g/mol. The molecule has 6 heteroatoms. The van der Waals surface area contributed by atoms with Gasteiger partial charge in [0.25, 0.3) is 0 Å². The molecule has 0 bridgehead atoms. The Labute approximate surface area is 161 Å². The molecule has 4 rings (SSSR count). The minimum atomic E-state index is -0.467. The second-order valence-electron chi connectivity index (χ2n) is 7.85. The lowest BCUT2D eigenvalue weighted by atomic mass is 9.76. The first-order valence-corrected chi connectivity index (χ1v) is 10.0. The Morgan fingerprint density at radius 2 is 2.22 bits per heavy atom. The zero-order valence-electron chi connectivity index (χ0n) is 15.9. The SMILES string of the molecule is OC12CCNCC1CN(Cc1ccccc1OCCCn1ccnc1)CC2.